The summed E-state index contributed by atoms with van der Waals surface area (Å²) in [5.74, 6) is 0. The molecule has 0 aromatic rings. The van der Waals surface area contributed by atoms with Crippen molar-refractivity contribution in [1.82, 2.24) is 15.1 Å². The Morgan fingerprint density at radius 2 is 2.06 bits per heavy atom. The highest BCUT2D eigenvalue weighted by molar-refractivity contribution is 4.89. The Hall–Kier alpha value is -0.120. The lowest BCUT2D eigenvalue weighted by molar-refractivity contribution is 0.115. The Bertz CT molecular complexity index is 201. The van der Waals surface area contributed by atoms with Crippen LogP contribution in [0.25, 0.3) is 0 Å². The first kappa shape index (κ1) is 13.9. The van der Waals surface area contributed by atoms with Crippen molar-refractivity contribution >= 4 is 0 Å². The van der Waals surface area contributed by atoms with Crippen LogP contribution in [0.2, 0.25) is 0 Å². The van der Waals surface area contributed by atoms with Crippen LogP contribution in [0.5, 0.6) is 0 Å². The van der Waals surface area contributed by atoms with E-state index in [9.17, 15) is 0 Å². The SMILES string of the molecule is CCCN1CC(CN(C)C)NCCC1(C)C. The average molecular weight is 227 g/mol. The molecule has 1 atom stereocenters. The fourth-order valence-electron chi connectivity index (χ4n) is 2.54. The van der Waals surface area contributed by atoms with Gasteiger partial charge in [0, 0.05) is 24.7 Å². The normalized spacial score (nSPS) is 27.0. The van der Waals surface area contributed by atoms with Crippen molar-refractivity contribution in [3.63, 3.8) is 0 Å². The molecule has 0 spiro atoms. The standard InChI is InChI=1S/C13H29N3/c1-6-9-16-11-12(10-15(4)5)14-8-7-13(16,2)3/h12,14H,6-11H2,1-5H3. The summed E-state index contributed by atoms with van der Waals surface area (Å²) >= 11 is 0. The Balaban J connectivity index is 2.61. The van der Waals surface area contributed by atoms with Gasteiger partial charge >= 0.3 is 0 Å². The first-order valence-corrected chi connectivity index (χ1v) is 6.59. The van der Waals surface area contributed by atoms with Crippen molar-refractivity contribution in [2.24, 2.45) is 0 Å². The number of rotatable bonds is 4. The third-order valence-electron chi connectivity index (χ3n) is 3.55. The molecule has 1 N–H and O–H groups in total. The summed E-state index contributed by atoms with van der Waals surface area (Å²) in [6.07, 6.45) is 2.50. The molecular weight excluding hydrogens is 198 g/mol. The number of nitrogens with one attached hydrogen (secondary N) is 1. The molecule has 1 fully saturated rings. The Kier molecular flexibility index (Phi) is 5.22. The van der Waals surface area contributed by atoms with Crippen molar-refractivity contribution in [3.8, 4) is 0 Å². The third-order valence-corrected chi connectivity index (χ3v) is 3.55. The lowest BCUT2D eigenvalue weighted by Gasteiger charge is -2.38. The van der Waals surface area contributed by atoms with Gasteiger partial charge in [0.05, 0.1) is 0 Å². The van der Waals surface area contributed by atoms with E-state index in [0.717, 1.165) is 13.1 Å². The molecular formula is C13H29N3. The maximum absolute atomic E-state index is 3.67. The second-order valence-corrected chi connectivity index (χ2v) is 5.92. The van der Waals surface area contributed by atoms with Crippen molar-refractivity contribution in [1.29, 1.82) is 0 Å². The largest absolute Gasteiger partial charge is 0.311 e. The Morgan fingerprint density at radius 1 is 1.38 bits per heavy atom. The predicted octanol–water partition coefficient (Wildman–Crippen LogP) is 1.40. The molecule has 0 aliphatic carbocycles. The van der Waals surface area contributed by atoms with Gasteiger partial charge in [-0.3, -0.25) is 4.90 Å². The molecule has 1 aliphatic rings. The van der Waals surface area contributed by atoms with E-state index in [1.54, 1.807) is 0 Å². The molecule has 0 saturated carbocycles. The topological polar surface area (TPSA) is 18.5 Å². The van der Waals surface area contributed by atoms with E-state index in [1.165, 1.54) is 25.9 Å². The van der Waals surface area contributed by atoms with E-state index in [2.05, 4.69) is 50.0 Å². The number of hydrogen-bond donors (Lipinski definition) is 1. The van der Waals surface area contributed by atoms with Crippen molar-refractivity contribution in [2.75, 3.05) is 40.3 Å². The van der Waals surface area contributed by atoms with E-state index in [1.807, 2.05) is 0 Å². The van der Waals surface area contributed by atoms with Crippen molar-refractivity contribution in [2.45, 2.75) is 45.2 Å². The summed E-state index contributed by atoms with van der Waals surface area (Å²) < 4.78 is 0. The molecule has 1 aliphatic heterocycles. The van der Waals surface area contributed by atoms with E-state index in [4.69, 9.17) is 0 Å². The molecule has 0 aromatic carbocycles. The zero-order valence-corrected chi connectivity index (χ0v) is 11.7. The van der Waals surface area contributed by atoms with Crippen LogP contribution in [-0.2, 0) is 0 Å². The van der Waals surface area contributed by atoms with E-state index in [-0.39, 0.29) is 0 Å². The average Bonchev–Trinajstić information content (AvgIpc) is 2.26. The minimum Gasteiger partial charge on any atom is -0.311 e. The summed E-state index contributed by atoms with van der Waals surface area (Å²) in [6, 6.07) is 0.614. The first-order valence-electron chi connectivity index (χ1n) is 6.59. The van der Waals surface area contributed by atoms with Gasteiger partial charge in [-0.15, -0.1) is 0 Å². The van der Waals surface area contributed by atoms with Crippen LogP contribution in [0.3, 0.4) is 0 Å². The van der Waals surface area contributed by atoms with Gasteiger partial charge in [0.2, 0.25) is 0 Å². The number of hydrogen-bond acceptors (Lipinski definition) is 3. The number of likely N-dealkylation sites (N-methyl/N-ethyl adjacent to an activating group) is 1. The van der Waals surface area contributed by atoms with Crippen LogP contribution < -0.4 is 5.32 Å². The summed E-state index contributed by atoms with van der Waals surface area (Å²) in [5, 5.41) is 3.67. The van der Waals surface area contributed by atoms with Crippen LogP contribution in [0.15, 0.2) is 0 Å². The summed E-state index contributed by atoms with van der Waals surface area (Å²) in [5.41, 5.74) is 0.351. The fourth-order valence-corrected chi connectivity index (χ4v) is 2.54. The van der Waals surface area contributed by atoms with Gasteiger partial charge in [0.25, 0.3) is 0 Å². The Labute approximate surface area is 101 Å². The van der Waals surface area contributed by atoms with Gasteiger partial charge in [-0.2, -0.15) is 0 Å². The zero-order chi connectivity index (χ0) is 12.2. The molecule has 0 amide bonds. The molecule has 0 aromatic heterocycles. The molecule has 1 heterocycles. The first-order chi connectivity index (χ1) is 7.45. The summed E-state index contributed by atoms with van der Waals surface area (Å²) in [7, 11) is 4.31. The van der Waals surface area contributed by atoms with Gasteiger partial charge in [-0.25, -0.2) is 0 Å². The van der Waals surface area contributed by atoms with Gasteiger partial charge in [-0.05, 0) is 53.9 Å². The van der Waals surface area contributed by atoms with E-state index >= 15 is 0 Å². The van der Waals surface area contributed by atoms with Gasteiger partial charge in [-0.1, -0.05) is 6.92 Å². The zero-order valence-electron chi connectivity index (χ0n) is 11.7. The smallest absolute Gasteiger partial charge is 0.0322 e. The van der Waals surface area contributed by atoms with Gasteiger partial charge in [0.15, 0.2) is 0 Å². The maximum Gasteiger partial charge on any atom is 0.0322 e. The summed E-state index contributed by atoms with van der Waals surface area (Å²) in [4.78, 5) is 4.93. The molecule has 1 rings (SSSR count). The molecule has 0 bridgehead atoms. The van der Waals surface area contributed by atoms with Crippen LogP contribution in [0.4, 0.5) is 0 Å². The molecule has 1 saturated heterocycles. The lowest BCUT2D eigenvalue weighted by Crippen LogP contribution is -2.49. The molecule has 3 heteroatoms. The van der Waals surface area contributed by atoms with E-state index < -0.39 is 0 Å². The van der Waals surface area contributed by atoms with Crippen LogP contribution >= 0.6 is 0 Å². The highest BCUT2D eigenvalue weighted by Crippen LogP contribution is 2.21. The Morgan fingerprint density at radius 3 is 2.62 bits per heavy atom. The number of nitrogens with zero attached hydrogens (tertiary/aromatic N) is 2. The fraction of sp³-hybridized carbons (Fsp3) is 1.00. The highest BCUT2D eigenvalue weighted by Gasteiger charge is 2.30. The minimum atomic E-state index is 0.351. The molecule has 16 heavy (non-hydrogen) atoms. The van der Waals surface area contributed by atoms with E-state index in [0.29, 0.717) is 11.6 Å². The van der Waals surface area contributed by atoms with Gasteiger partial charge in [0.1, 0.15) is 0 Å². The van der Waals surface area contributed by atoms with Gasteiger partial charge < -0.3 is 10.2 Å². The maximum atomic E-state index is 3.67. The van der Waals surface area contributed by atoms with Crippen molar-refractivity contribution in [3.05, 3.63) is 0 Å². The van der Waals surface area contributed by atoms with Crippen LogP contribution in [-0.4, -0.2) is 61.7 Å². The molecule has 3 nitrogen and oxygen atoms in total. The molecule has 0 radical (unpaired) electrons. The third kappa shape index (κ3) is 4.04. The second-order valence-electron chi connectivity index (χ2n) is 5.92. The van der Waals surface area contributed by atoms with Crippen LogP contribution in [0.1, 0.15) is 33.6 Å². The minimum absolute atomic E-state index is 0.351. The highest BCUT2D eigenvalue weighted by atomic mass is 15.2. The quantitative estimate of drug-likeness (QED) is 0.783. The van der Waals surface area contributed by atoms with Crippen LogP contribution in [0, 0.1) is 0 Å². The summed E-state index contributed by atoms with van der Waals surface area (Å²) in [6.45, 7) is 11.7. The predicted molar refractivity (Wildman–Crippen MR) is 70.9 cm³/mol. The molecule has 1 unspecified atom stereocenters. The lowest BCUT2D eigenvalue weighted by atomic mass is 9.98. The molecule has 96 valence electrons. The monoisotopic (exact) mass is 227 g/mol. The van der Waals surface area contributed by atoms with Crippen molar-refractivity contribution < 1.29 is 0 Å². The second kappa shape index (κ2) is 5.99.